The number of hydrogen-bond acceptors (Lipinski definition) is 4. The van der Waals surface area contributed by atoms with Gasteiger partial charge in [-0.15, -0.1) is 0 Å². The number of H-pyrrole nitrogens is 1. The first-order chi connectivity index (χ1) is 8.59. The van der Waals surface area contributed by atoms with Gasteiger partial charge in [0.2, 0.25) is 0 Å². The fraction of sp³-hybridized carbons (Fsp3) is 0.727. The van der Waals surface area contributed by atoms with Gasteiger partial charge in [-0.1, -0.05) is 0 Å². The summed E-state index contributed by atoms with van der Waals surface area (Å²) in [5.41, 5.74) is 0. The molecule has 18 heavy (non-hydrogen) atoms. The average molecular weight is 269 g/mol. The van der Waals surface area contributed by atoms with Crippen molar-refractivity contribution in [1.29, 1.82) is 0 Å². The number of aliphatic hydroxyl groups excluding tert-OH is 1. The molecule has 5 unspecified atom stereocenters. The predicted molar refractivity (Wildman–Crippen MR) is 62.0 cm³/mol. The molecule has 3 aliphatic rings. The fourth-order valence-electron chi connectivity index (χ4n) is 4.15. The first-order valence-corrected chi connectivity index (χ1v) is 7.72. The third kappa shape index (κ3) is 1.19. The number of nitrogens with zero attached hydrogens (tertiary/aromatic N) is 2. The van der Waals surface area contributed by atoms with Crippen molar-refractivity contribution in [3.8, 4) is 0 Å². The second-order valence-electron chi connectivity index (χ2n) is 5.63. The molecule has 2 saturated carbocycles. The van der Waals surface area contributed by atoms with Gasteiger partial charge < -0.3 is 5.11 Å². The molecule has 0 spiro atoms. The Kier molecular flexibility index (Phi) is 2.03. The van der Waals surface area contributed by atoms with Gasteiger partial charge in [-0.3, -0.25) is 5.10 Å². The minimum Gasteiger partial charge on any atom is -0.391 e. The molecule has 1 aliphatic heterocycles. The Bertz CT molecular complexity index is 568. The Morgan fingerprint density at radius 3 is 2.89 bits per heavy atom. The fourth-order valence-corrected chi connectivity index (χ4v) is 5.79. The van der Waals surface area contributed by atoms with Gasteiger partial charge in [0.05, 0.1) is 18.3 Å². The molecule has 6 nitrogen and oxygen atoms in total. The molecule has 1 aromatic rings. The van der Waals surface area contributed by atoms with Crippen LogP contribution in [0, 0.1) is 17.8 Å². The highest BCUT2D eigenvalue weighted by Gasteiger charge is 2.61. The molecule has 98 valence electrons. The second kappa shape index (κ2) is 3.34. The zero-order chi connectivity index (χ0) is 12.5. The van der Waals surface area contributed by atoms with E-state index in [0.29, 0.717) is 24.3 Å². The molecule has 2 aliphatic carbocycles. The highest BCUT2D eigenvalue weighted by atomic mass is 32.2. The SMILES string of the molecule is O=S(=O)(c1ccn[nH]1)N1CC2CC3CC2C1C3O. The summed E-state index contributed by atoms with van der Waals surface area (Å²) in [7, 11) is -3.53. The van der Waals surface area contributed by atoms with E-state index in [2.05, 4.69) is 10.2 Å². The molecule has 2 bridgehead atoms. The van der Waals surface area contributed by atoms with Crippen LogP contribution in [-0.2, 0) is 10.0 Å². The lowest BCUT2D eigenvalue weighted by Crippen LogP contribution is -2.43. The van der Waals surface area contributed by atoms with Gasteiger partial charge in [-0.05, 0) is 36.7 Å². The predicted octanol–water partition coefficient (Wildman–Crippen LogP) is -0.201. The number of aromatic nitrogens is 2. The molecule has 4 rings (SSSR count). The van der Waals surface area contributed by atoms with E-state index in [9.17, 15) is 13.5 Å². The van der Waals surface area contributed by atoms with Crippen molar-refractivity contribution < 1.29 is 13.5 Å². The lowest BCUT2D eigenvalue weighted by molar-refractivity contribution is 0.0730. The third-order valence-corrected chi connectivity index (χ3v) is 6.66. The molecular formula is C11H15N3O3S. The molecule has 5 atom stereocenters. The van der Waals surface area contributed by atoms with E-state index in [1.54, 1.807) is 0 Å². The summed E-state index contributed by atoms with van der Waals surface area (Å²) in [6.45, 7) is 0.546. The summed E-state index contributed by atoms with van der Waals surface area (Å²) in [6.07, 6.45) is 2.89. The van der Waals surface area contributed by atoms with Crippen molar-refractivity contribution in [1.82, 2.24) is 14.5 Å². The average Bonchev–Trinajstić information content (AvgIpc) is 3.03. The second-order valence-corrected chi connectivity index (χ2v) is 7.49. The zero-order valence-corrected chi connectivity index (χ0v) is 10.5. The van der Waals surface area contributed by atoms with Crippen LogP contribution in [0.5, 0.6) is 0 Å². The van der Waals surface area contributed by atoms with E-state index < -0.39 is 16.1 Å². The van der Waals surface area contributed by atoms with E-state index in [1.165, 1.54) is 16.6 Å². The first-order valence-electron chi connectivity index (χ1n) is 6.28. The maximum Gasteiger partial charge on any atom is 0.260 e. The number of rotatable bonds is 2. The van der Waals surface area contributed by atoms with E-state index in [1.807, 2.05) is 0 Å². The topological polar surface area (TPSA) is 86.3 Å². The summed E-state index contributed by atoms with van der Waals surface area (Å²) in [5.74, 6) is 1.08. The Morgan fingerprint density at radius 1 is 1.39 bits per heavy atom. The van der Waals surface area contributed by atoms with Crippen LogP contribution in [-0.4, -0.2) is 46.7 Å². The highest BCUT2D eigenvalue weighted by molar-refractivity contribution is 7.89. The molecule has 1 saturated heterocycles. The Balaban J connectivity index is 1.75. The smallest absolute Gasteiger partial charge is 0.260 e. The van der Waals surface area contributed by atoms with E-state index in [4.69, 9.17) is 0 Å². The summed E-state index contributed by atoms with van der Waals surface area (Å²) >= 11 is 0. The van der Waals surface area contributed by atoms with Crippen LogP contribution in [0.4, 0.5) is 0 Å². The van der Waals surface area contributed by atoms with Crippen molar-refractivity contribution >= 4 is 10.0 Å². The summed E-state index contributed by atoms with van der Waals surface area (Å²) in [5, 5.41) is 16.5. The van der Waals surface area contributed by atoms with Gasteiger partial charge >= 0.3 is 0 Å². The zero-order valence-electron chi connectivity index (χ0n) is 9.73. The number of fused-ring (bicyclic) bond motifs is 1. The molecule has 2 heterocycles. The van der Waals surface area contributed by atoms with Gasteiger partial charge in [0.25, 0.3) is 10.0 Å². The number of aromatic amines is 1. The standard InChI is InChI=1S/C11H15N3O3S/c15-11-6-3-7-5-14(10(11)8(7)4-6)18(16,17)9-1-2-12-13-9/h1-2,6-8,10-11,15H,3-5H2,(H,12,13). The minimum absolute atomic E-state index is 0.124. The van der Waals surface area contributed by atoms with Crippen molar-refractivity contribution in [2.24, 2.45) is 17.8 Å². The third-order valence-electron chi connectivity index (χ3n) is 4.87. The van der Waals surface area contributed by atoms with Crippen LogP contribution in [0.25, 0.3) is 0 Å². The summed E-state index contributed by atoms with van der Waals surface area (Å²) in [4.78, 5) is 0. The quantitative estimate of drug-likeness (QED) is 0.778. The lowest BCUT2D eigenvalue weighted by atomic mass is 9.88. The van der Waals surface area contributed by atoms with Gasteiger partial charge in [-0.25, -0.2) is 8.42 Å². The van der Waals surface area contributed by atoms with Crippen LogP contribution in [0.2, 0.25) is 0 Å². The largest absolute Gasteiger partial charge is 0.391 e. The minimum atomic E-state index is -3.53. The maximum absolute atomic E-state index is 12.5. The van der Waals surface area contributed by atoms with Crippen LogP contribution in [0.15, 0.2) is 17.3 Å². The van der Waals surface area contributed by atoms with Gasteiger partial charge in [0.1, 0.15) is 0 Å². The van der Waals surface area contributed by atoms with Gasteiger partial charge in [0, 0.05) is 6.54 Å². The van der Waals surface area contributed by atoms with Crippen LogP contribution in [0.3, 0.4) is 0 Å². The van der Waals surface area contributed by atoms with E-state index in [0.717, 1.165) is 12.8 Å². The van der Waals surface area contributed by atoms with Crippen molar-refractivity contribution in [3.63, 3.8) is 0 Å². The summed E-state index contributed by atoms with van der Waals surface area (Å²) < 4.78 is 26.5. The van der Waals surface area contributed by atoms with Crippen LogP contribution in [0.1, 0.15) is 12.8 Å². The molecule has 7 heteroatoms. The van der Waals surface area contributed by atoms with Gasteiger partial charge in [-0.2, -0.15) is 9.40 Å². The number of aliphatic hydroxyl groups is 1. The highest BCUT2D eigenvalue weighted by Crippen LogP contribution is 2.55. The molecular weight excluding hydrogens is 254 g/mol. The maximum atomic E-state index is 12.5. The Morgan fingerprint density at radius 2 is 2.22 bits per heavy atom. The monoisotopic (exact) mass is 269 g/mol. The van der Waals surface area contributed by atoms with Gasteiger partial charge in [0.15, 0.2) is 5.03 Å². The number of nitrogens with one attached hydrogen (secondary N) is 1. The first kappa shape index (κ1) is 11.0. The molecule has 1 aromatic heterocycles. The molecule has 3 fully saturated rings. The Hall–Kier alpha value is -0.920. The Labute approximate surface area is 105 Å². The normalized spacial score (nSPS) is 42.8. The van der Waals surface area contributed by atoms with Crippen LogP contribution < -0.4 is 0 Å². The van der Waals surface area contributed by atoms with Crippen molar-refractivity contribution in [2.45, 2.75) is 30.0 Å². The van der Waals surface area contributed by atoms with E-state index in [-0.39, 0.29) is 11.1 Å². The van der Waals surface area contributed by atoms with Crippen molar-refractivity contribution in [3.05, 3.63) is 12.3 Å². The molecule has 0 radical (unpaired) electrons. The molecule has 0 amide bonds. The lowest BCUT2D eigenvalue weighted by Gasteiger charge is -2.27. The summed E-state index contributed by atoms with van der Waals surface area (Å²) in [6, 6.07) is 1.25. The van der Waals surface area contributed by atoms with Crippen molar-refractivity contribution in [2.75, 3.05) is 6.54 Å². The molecule has 2 N–H and O–H groups in total. The number of sulfonamides is 1. The molecule has 0 aromatic carbocycles. The van der Waals surface area contributed by atoms with Crippen LogP contribution >= 0.6 is 0 Å². The number of hydrogen-bond donors (Lipinski definition) is 2. The van der Waals surface area contributed by atoms with E-state index >= 15 is 0 Å².